The molecule has 0 aliphatic carbocycles. The Hall–Kier alpha value is -1.69. The highest BCUT2D eigenvalue weighted by Crippen LogP contribution is 2.22. The molecule has 1 saturated heterocycles. The van der Waals surface area contributed by atoms with Gasteiger partial charge in [-0.05, 0) is 67.4 Å². The number of nitro groups is 1. The van der Waals surface area contributed by atoms with E-state index in [4.69, 9.17) is 0 Å². The standard InChI is InChI=1S/C13H20N4O2/c1-16-9-5-11(6-10-16)4-8-14-12-3-2-7-15-13(12)17(18)19/h2-3,7,11,14H,4-6,8-10H2,1H3. The summed E-state index contributed by atoms with van der Waals surface area (Å²) in [6.07, 6.45) is 4.93. The second kappa shape index (κ2) is 6.47. The molecule has 0 amide bonds. The molecule has 0 atom stereocenters. The van der Waals surface area contributed by atoms with Gasteiger partial charge in [-0.15, -0.1) is 0 Å². The third kappa shape index (κ3) is 3.89. The Kier molecular flexibility index (Phi) is 4.68. The smallest absolute Gasteiger partial charge is 0.378 e. The molecule has 1 aliphatic rings. The van der Waals surface area contributed by atoms with Crippen molar-refractivity contribution in [1.82, 2.24) is 9.88 Å². The van der Waals surface area contributed by atoms with E-state index in [2.05, 4.69) is 22.2 Å². The highest BCUT2D eigenvalue weighted by molar-refractivity contribution is 5.56. The summed E-state index contributed by atoms with van der Waals surface area (Å²) in [5.74, 6) is 0.630. The molecular weight excluding hydrogens is 244 g/mol. The number of hydrogen-bond acceptors (Lipinski definition) is 5. The fraction of sp³-hybridized carbons (Fsp3) is 0.615. The number of nitrogens with zero attached hydrogens (tertiary/aromatic N) is 3. The number of likely N-dealkylation sites (tertiary alicyclic amines) is 1. The van der Waals surface area contributed by atoms with Gasteiger partial charge in [-0.3, -0.25) is 0 Å². The molecule has 1 aliphatic heterocycles. The molecule has 6 heteroatoms. The summed E-state index contributed by atoms with van der Waals surface area (Å²) in [6.45, 7) is 3.07. The molecule has 0 unspecified atom stereocenters. The van der Waals surface area contributed by atoms with E-state index in [1.54, 1.807) is 12.1 Å². The van der Waals surface area contributed by atoms with Crippen LogP contribution in [0, 0.1) is 16.0 Å². The fourth-order valence-electron chi connectivity index (χ4n) is 2.44. The summed E-state index contributed by atoms with van der Waals surface area (Å²) in [5, 5.41) is 14.0. The molecule has 19 heavy (non-hydrogen) atoms. The van der Waals surface area contributed by atoms with E-state index in [0.717, 1.165) is 32.0 Å². The van der Waals surface area contributed by atoms with Crippen LogP contribution in [-0.4, -0.2) is 41.5 Å². The zero-order valence-electron chi connectivity index (χ0n) is 11.2. The molecular formula is C13H20N4O2. The lowest BCUT2D eigenvalue weighted by molar-refractivity contribution is -0.388. The van der Waals surface area contributed by atoms with Gasteiger partial charge in [0, 0.05) is 6.54 Å². The Balaban J connectivity index is 1.81. The number of rotatable bonds is 5. The van der Waals surface area contributed by atoms with Gasteiger partial charge in [0.25, 0.3) is 0 Å². The van der Waals surface area contributed by atoms with Gasteiger partial charge in [-0.25, -0.2) is 0 Å². The van der Waals surface area contributed by atoms with E-state index in [1.807, 2.05) is 0 Å². The van der Waals surface area contributed by atoms with Crippen molar-refractivity contribution in [2.24, 2.45) is 5.92 Å². The first-order valence-electron chi connectivity index (χ1n) is 6.68. The molecule has 2 rings (SSSR count). The summed E-state index contributed by atoms with van der Waals surface area (Å²) in [4.78, 5) is 16.5. The van der Waals surface area contributed by atoms with Crippen molar-refractivity contribution in [2.45, 2.75) is 19.3 Å². The minimum atomic E-state index is -0.447. The highest BCUT2D eigenvalue weighted by Gasteiger charge is 2.17. The fourth-order valence-corrected chi connectivity index (χ4v) is 2.44. The molecule has 0 radical (unpaired) electrons. The maximum Gasteiger partial charge on any atom is 0.386 e. The Morgan fingerprint density at radius 2 is 2.26 bits per heavy atom. The predicted octanol–water partition coefficient (Wildman–Crippen LogP) is 2.13. The van der Waals surface area contributed by atoms with Crippen molar-refractivity contribution >= 4 is 11.5 Å². The SMILES string of the molecule is CN1CCC(CCNc2cccnc2[N+](=O)[O-])CC1. The van der Waals surface area contributed by atoms with Crippen LogP contribution in [0.25, 0.3) is 0 Å². The van der Waals surface area contributed by atoms with Gasteiger partial charge in [-0.1, -0.05) is 0 Å². The lowest BCUT2D eigenvalue weighted by Crippen LogP contribution is -2.30. The molecule has 1 N–H and O–H groups in total. The number of nitrogens with one attached hydrogen (secondary N) is 1. The minimum Gasteiger partial charge on any atom is -0.378 e. The van der Waals surface area contributed by atoms with Gasteiger partial charge >= 0.3 is 5.82 Å². The van der Waals surface area contributed by atoms with Crippen molar-refractivity contribution in [3.8, 4) is 0 Å². The van der Waals surface area contributed by atoms with Gasteiger partial charge in [0.05, 0.1) is 0 Å². The zero-order valence-corrected chi connectivity index (χ0v) is 11.2. The molecule has 104 valence electrons. The molecule has 6 nitrogen and oxygen atoms in total. The quantitative estimate of drug-likeness (QED) is 0.651. The summed E-state index contributed by atoms with van der Waals surface area (Å²) in [6, 6.07) is 3.42. The number of pyridine rings is 1. The van der Waals surface area contributed by atoms with Crippen molar-refractivity contribution in [3.05, 3.63) is 28.4 Å². The van der Waals surface area contributed by atoms with Gasteiger partial charge in [0.15, 0.2) is 0 Å². The number of anilines is 1. The van der Waals surface area contributed by atoms with Crippen LogP contribution in [0.1, 0.15) is 19.3 Å². The van der Waals surface area contributed by atoms with Gasteiger partial charge in [-0.2, -0.15) is 0 Å². The van der Waals surface area contributed by atoms with Crippen LogP contribution in [0.5, 0.6) is 0 Å². The van der Waals surface area contributed by atoms with Crippen LogP contribution in [0.15, 0.2) is 18.3 Å². The van der Waals surface area contributed by atoms with E-state index in [1.165, 1.54) is 19.0 Å². The van der Waals surface area contributed by atoms with E-state index in [0.29, 0.717) is 5.69 Å². The third-order valence-electron chi connectivity index (χ3n) is 3.67. The summed E-state index contributed by atoms with van der Waals surface area (Å²) < 4.78 is 0. The van der Waals surface area contributed by atoms with E-state index < -0.39 is 4.92 Å². The predicted molar refractivity (Wildman–Crippen MR) is 74.2 cm³/mol. The summed E-state index contributed by atoms with van der Waals surface area (Å²) in [5.41, 5.74) is 0.514. The number of piperidine rings is 1. The van der Waals surface area contributed by atoms with Gasteiger partial charge in [0.1, 0.15) is 11.9 Å². The van der Waals surface area contributed by atoms with Crippen molar-refractivity contribution < 1.29 is 4.92 Å². The lowest BCUT2D eigenvalue weighted by atomic mass is 9.94. The Morgan fingerprint density at radius 3 is 2.95 bits per heavy atom. The van der Waals surface area contributed by atoms with Crippen molar-refractivity contribution in [2.75, 3.05) is 32.0 Å². The topological polar surface area (TPSA) is 71.3 Å². The van der Waals surface area contributed by atoms with Crippen LogP contribution < -0.4 is 5.32 Å². The van der Waals surface area contributed by atoms with E-state index >= 15 is 0 Å². The molecule has 1 aromatic rings. The molecule has 1 aromatic heterocycles. The first kappa shape index (κ1) is 13.7. The molecule has 0 bridgehead atoms. The minimum absolute atomic E-state index is 0.0918. The summed E-state index contributed by atoms with van der Waals surface area (Å²) >= 11 is 0. The second-order valence-corrected chi connectivity index (χ2v) is 5.09. The van der Waals surface area contributed by atoms with Crippen LogP contribution in [0.2, 0.25) is 0 Å². The van der Waals surface area contributed by atoms with E-state index in [9.17, 15) is 10.1 Å². The molecule has 0 spiro atoms. The van der Waals surface area contributed by atoms with Crippen LogP contribution in [0.4, 0.5) is 11.5 Å². The normalized spacial score (nSPS) is 17.3. The zero-order chi connectivity index (χ0) is 13.7. The first-order valence-corrected chi connectivity index (χ1v) is 6.68. The average molecular weight is 264 g/mol. The average Bonchev–Trinajstić information content (AvgIpc) is 2.41. The van der Waals surface area contributed by atoms with Gasteiger partial charge in [0.2, 0.25) is 0 Å². The maximum absolute atomic E-state index is 10.8. The Labute approximate surface area is 113 Å². The molecule has 1 fully saturated rings. The largest absolute Gasteiger partial charge is 0.386 e. The lowest BCUT2D eigenvalue weighted by Gasteiger charge is -2.28. The van der Waals surface area contributed by atoms with Crippen LogP contribution in [-0.2, 0) is 0 Å². The highest BCUT2D eigenvalue weighted by atomic mass is 16.6. The Bertz CT molecular complexity index is 430. The number of aromatic nitrogens is 1. The van der Waals surface area contributed by atoms with Gasteiger partial charge < -0.3 is 20.3 Å². The van der Waals surface area contributed by atoms with Crippen molar-refractivity contribution in [1.29, 1.82) is 0 Å². The second-order valence-electron chi connectivity index (χ2n) is 5.09. The maximum atomic E-state index is 10.8. The van der Waals surface area contributed by atoms with Crippen molar-refractivity contribution in [3.63, 3.8) is 0 Å². The summed E-state index contributed by atoms with van der Waals surface area (Å²) in [7, 11) is 2.15. The van der Waals surface area contributed by atoms with Crippen LogP contribution >= 0.6 is 0 Å². The first-order chi connectivity index (χ1) is 9.16. The Morgan fingerprint density at radius 1 is 1.53 bits per heavy atom. The molecule has 0 saturated carbocycles. The number of hydrogen-bond donors (Lipinski definition) is 1. The van der Waals surface area contributed by atoms with Crippen LogP contribution in [0.3, 0.4) is 0 Å². The molecule has 0 aromatic carbocycles. The molecule has 2 heterocycles. The van der Waals surface area contributed by atoms with E-state index in [-0.39, 0.29) is 5.82 Å². The third-order valence-corrected chi connectivity index (χ3v) is 3.67. The monoisotopic (exact) mass is 264 g/mol.